The van der Waals surface area contributed by atoms with E-state index in [4.69, 9.17) is 0 Å². The first kappa shape index (κ1) is 10.8. The minimum atomic E-state index is -1.38. The van der Waals surface area contributed by atoms with Crippen LogP contribution in [0.4, 0.5) is 0 Å². The highest BCUT2D eigenvalue weighted by Gasteiger charge is 2.35. The summed E-state index contributed by atoms with van der Waals surface area (Å²) >= 11 is 0. The highest BCUT2D eigenvalue weighted by Crippen LogP contribution is 2.46. The molecule has 90 valence electrons. The molecule has 4 nitrogen and oxygen atoms in total. The molecule has 2 aromatic carbocycles. The Hall–Kier alpha value is -2.36. The van der Waals surface area contributed by atoms with E-state index in [1.807, 2.05) is 12.1 Å². The van der Waals surface area contributed by atoms with E-state index in [0.29, 0.717) is 16.5 Å². The lowest BCUT2D eigenvalue weighted by atomic mass is 9.90. The van der Waals surface area contributed by atoms with Crippen LogP contribution in [0.2, 0.25) is 0 Å². The molecular formula is C14H8O4-2. The molecule has 0 aliphatic heterocycles. The molecule has 0 radical (unpaired) electrons. The van der Waals surface area contributed by atoms with Crippen molar-refractivity contribution in [2.45, 2.75) is 11.8 Å². The second kappa shape index (κ2) is 3.57. The number of carboxylic acid groups (broad SMARTS) is 2. The quantitative estimate of drug-likeness (QED) is 0.710. The van der Waals surface area contributed by atoms with Crippen molar-refractivity contribution in [3.63, 3.8) is 0 Å². The normalized spacial score (nSPS) is 21.1. The molecule has 4 heteroatoms. The third-order valence-electron chi connectivity index (χ3n) is 3.48. The van der Waals surface area contributed by atoms with Gasteiger partial charge in [-0.1, -0.05) is 36.4 Å². The average molecular weight is 240 g/mol. The van der Waals surface area contributed by atoms with E-state index in [0.717, 1.165) is 5.39 Å². The van der Waals surface area contributed by atoms with Crippen LogP contribution in [0.1, 0.15) is 23.0 Å². The minimum Gasteiger partial charge on any atom is -0.549 e. The zero-order valence-electron chi connectivity index (χ0n) is 9.25. The van der Waals surface area contributed by atoms with Gasteiger partial charge in [-0.15, -0.1) is 0 Å². The molecule has 0 spiro atoms. The summed E-state index contributed by atoms with van der Waals surface area (Å²) in [6.45, 7) is 0. The standard InChI is InChI=1S/C14H10O4/c15-13(16)11-8-5-1-3-7-4-2-6-9(10(7)8)12(11)14(17)18/h1-6,11-12H,(H,15,16)(H,17,18)/p-2/t11-,12-/m0/s1. The van der Waals surface area contributed by atoms with Gasteiger partial charge in [0.25, 0.3) is 0 Å². The van der Waals surface area contributed by atoms with Crippen LogP contribution >= 0.6 is 0 Å². The summed E-state index contributed by atoms with van der Waals surface area (Å²) < 4.78 is 0. The molecule has 0 saturated carbocycles. The van der Waals surface area contributed by atoms with Crippen LogP contribution in [-0.2, 0) is 9.59 Å². The van der Waals surface area contributed by atoms with E-state index in [2.05, 4.69) is 0 Å². The number of carbonyl (C=O) groups is 2. The Balaban J connectivity index is 2.38. The summed E-state index contributed by atoms with van der Waals surface area (Å²) in [6, 6.07) is 10.4. The van der Waals surface area contributed by atoms with Crippen LogP contribution < -0.4 is 10.2 Å². The van der Waals surface area contributed by atoms with Gasteiger partial charge in [-0.3, -0.25) is 0 Å². The molecule has 0 heterocycles. The van der Waals surface area contributed by atoms with Gasteiger partial charge in [-0.2, -0.15) is 0 Å². The van der Waals surface area contributed by atoms with E-state index in [9.17, 15) is 19.8 Å². The fourth-order valence-corrected chi connectivity index (χ4v) is 2.80. The van der Waals surface area contributed by atoms with Gasteiger partial charge in [0.1, 0.15) is 0 Å². The highest BCUT2D eigenvalue weighted by atomic mass is 16.4. The Morgan fingerprint density at radius 2 is 1.28 bits per heavy atom. The van der Waals surface area contributed by atoms with Gasteiger partial charge in [0.15, 0.2) is 0 Å². The molecule has 0 saturated heterocycles. The molecule has 2 atom stereocenters. The van der Waals surface area contributed by atoms with Crippen molar-refractivity contribution in [2.24, 2.45) is 0 Å². The van der Waals surface area contributed by atoms with E-state index < -0.39 is 23.8 Å². The zero-order chi connectivity index (χ0) is 12.9. The Morgan fingerprint density at radius 3 is 1.67 bits per heavy atom. The lowest BCUT2D eigenvalue weighted by molar-refractivity contribution is -0.319. The fraction of sp³-hybridized carbons (Fsp3) is 0.143. The predicted octanol–water partition coefficient (Wildman–Crippen LogP) is -0.480. The summed E-state index contributed by atoms with van der Waals surface area (Å²) in [6.07, 6.45) is 0. The number of rotatable bonds is 2. The molecule has 3 rings (SSSR count). The molecule has 18 heavy (non-hydrogen) atoms. The lowest BCUT2D eigenvalue weighted by Gasteiger charge is -2.23. The second-order valence-electron chi connectivity index (χ2n) is 4.39. The molecule has 1 aliphatic carbocycles. The first-order valence-corrected chi connectivity index (χ1v) is 5.54. The number of hydrogen-bond donors (Lipinski definition) is 0. The molecule has 0 aromatic heterocycles. The van der Waals surface area contributed by atoms with Crippen LogP contribution in [0, 0.1) is 0 Å². The first-order valence-electron chi connectivity index (χ1n) is 5.54. The third kappa shape index (κ3) is 1.26. The fourth-order valence-electron chi connectivity index (χ4n) is 2.80. The Kier molecular flexibility index (Phi) is 2.13. The summed E-state index contributed by atoms with van der Waals surface area (Å²) in [7, 11) is 0. The maximum absolute atomic E-state index is 11.2. The maximum atomic E-state index is 11.2. The highest BCUT2D eigenvalue weighted by molar-refractivity contribution is 6.02. The summed E-state index contributed by atoms with van der Waals surface area (Å²) in [5.74, 6) is -5.10. The number of aliphatic carboxylic acids is 2. The lowest BCUT2D eigenvalue weighted by Crippen LogP contribution is -2.39. The Bertz CT molecular complexity index is 620. The van der Waals surface area contributed by atoms with Crippen LogP contribution in [0.3, 0.4) is 0 Å². The van der Waals surface area contributed by atoms with Gasteiger partial charge in [-0.05, 0) is 21.9 Å². The largest absolute Gasteiger partial charge is 0.549 e. The van der Waals surface area contributed by atoms with Gasteiger partial charge in [0.05, 0.1) is 0 Å². The predicted molar refractivity (Wildman–Crippen MR) is 59.4 cm³/mol. The van der Waals surface area contributed by atoms with Gasteiger partial charge in [0, 0.05) is 23.8 Å². The van der Waals surface area contributed by atoms with Gasteiger partial charge < -0.3 is 19.8 Å². The summed E-state index contributed by atoms with van der Waals surface area (Å²) in [5, 5.41) is 24.0. The molecule has 0 unspecified atom stereocenters. The number of hydrogen-bond acceptors (Lipinski definition) is 4. The van der Waals surface area contributed by atoms with Crippen molar-refractivity contribution < 1.29 is 19.8 Å². The second-order valence-corrected chi connectivity index (χ2v) is 4.39. The van der Waals surface area contributed by atoms with Gasteiger partial charge in [0.2, 0.25) is 0 Å². The van der Waals surface area contributed by atoms with Crippen molar-refractivity contribution >= 4 is 22.7 Å². The van der Waals surface area contributed by atoms with E-state index in [1.54, 1.807) is 24.3 Å². The molecular weight excluding hydrogens is 232 g/mol. The van der Waals surface area contributed by atoms with Gasteiger partial charge in [-0.25, -0.2) is 0 Å². The molecule has 1 aliphatic rings. The van der Waals surface area contributed by atoms with Crippen molar-refractivity contribution in [2.75, 3.05) is 0 Å². The van der Waals surface area contributed by atoms with E-state index in [1.165, 1.54) is 0 Å². The Morgan fingerprint density at radius 1 is 0.833 bits per heavy atom. The summed E-state index contributed by atoms with van der Waals surface area (Å²) in [4.78, 5) is 22.4. The van der Waals surface area contributed by atoms with Crippen molar-refractivity contribution in [3.05, 3.63) is 47.5 Å². The third-order valence-corrected chi connectivity index (χ3v) is 3.48. The summed E-state index contributed by atoms with van der Waals surface area (Å²) in [5.41, 5.74) is 0.995. The monoisotopic (exact) mass is 240 g/mol. The van der Waals surface area contributed by atoms with Crippen molar-refractivity contribution in [1.29, 1.82) is 0 Å². The van der Waals surface area contributed by atoms with Crippen LogP contribution in [0.25, 0.3) is 10.8 Å². The molecule has 2 aromatic rings. The zero-order valence-corrected chi connectivity index (χ0v) is 9.25. The Labute approximate surface area is 102 Å². The maximum Gasteiger partial charge on any atom is 0.0499 e. The molecule has 0 N–H and O–H groups in total. The van der Waals surface area contributed by atoms with Crippen molar-refractivity contribution in [1.82, 2.24) is 0 Å². The number of benzene rings is 2. The van der Waals surface area contributed by atoms with Crippen LogP contribution in [-0.4, -0.2) is 11.9 Å². The molecule has 0 fully saturated rings. The minimum absolute atomic E-state index is 0.498. The average Bonchev–Trinajstić information content (AvgIpc) is 2.67. The van der Waals surface area contributed by atoms with Gasteiger partial charge >= 0.3 is 0 Å². The van der Waals surface area contributed by atoms with E-state index >= 15 is 0 Å². The topological polar surface area (TPSA) is 80.3 Å². The van der Waals surface area contributed by atoms with Crippen LogP contribution in [0.5, 0.6) is 0 Å². The first-order chi connectivity index (χ1) is 8.61. The van der Waals surface area contributed by atoms with Crippen molar-refractivity contribution in [3.8, 4) is 0 Å². The molecule has 0 amide bonds. The number of carbonyl (C=O) groups excluding carboxylic acids is 2. The van der Waals surface area contributed by atoms with Crippen LogP contribution in [0.15, 0.2) is 36.4 Å². The number of carboxylic acids is 2. The SMILES string of the molecule is O=C([O-])[C@H]1c2cccc3cccc(c23)[C@@H]1C(=O)[O-]. The van der Waals surface area contributed by atoms with E-state index in [-0.39, 0.29) is 0 Å². The smallest absolute Gasteiger partial charge is 0.0499 e. The molecule has 0 bridgehead atoms.